The summed E-state index contributed by atoms with van der Waals surface area (Å²) in [6.07, 6.45) is 2.08. The van der Waals surface area contributed by atoms with Crippen molar-refractivity contribution in [2.45, 2.75) is 42.7 Å². The van der Waals surface area contributed by atoms with Gasteiger partial charge in [0.05, 0.1) is 24.2 Å². The fourth-order valence-electron chi connectivity index (χ4n) is 4.92. The molecular weight excluding hydrogens is 486 g/mol. The summed E-state index contributed by atoms with van der Waals surface area (Å²) in [5, 5.41) is 20.6. The normalized spacial score (nSPS) is 20.1. The second kappa shape index (κ2) is 11.5. The predicted molar refractivity (Wildman–Crippen MR) is 133 cm³/mol. The van der Waals surface area contributed by atoms with Crippen LogP contribution in [0.4, 0.5) is 4.79 Å². The Kier molecular flexibility index (Phi) is 8.45. The second-order valence-electron chi connectivity index (χ2n) is 9.44. The van der Waals surface area contributed by atoms with E-state index in [-0.39, 0.29) is 16.9 Å². The van der Waals surface area contributed by atoms with Crippen LogP contribution in [0, 0.1) is 5.92 Å². The average Bonchev–Trinajstić information content (AvgIpc) is 3.35. The summed E-state index contributed by atoms with van der Waals surface area (Å²) in [5.41, 5.74) is 0. The Morgan fingerprint density at radius 2 is 1.75 bits per heavy atom. The number of sulfonamides is 1. The van der Waals surface area contributed by atoms with E-state index < -0.39 is 34.7 Å². The van der Waals surface area contributed by atoms with E-state index in [1.54, 1.807) is 17.0 Å². The highest BCUT2D eigenvalue weighted by Gasteiger charge is 2.35. The van der Waals surface area contributed by atoms with Crippen LogP contribution in [-0.2, 0) is 19.6 Å². The first-order valence-corrected chi connectivity index (χ1v) is 13.7. The number of hydrogen-bond acceptors (Lipinski definition) is 6. The molecule has 0 bridgehead atoms. The first-order chi connectivity index (χ1) is 17.3. The molecule has 2 saturated heterocycles. The summed E-state index contributed by atoms with van der Waals surface area (Å²) >= 11 is 0. The van der Waals surface area contributed by atoms with Crippen molar-refractivity contribution in [1.82, 2.24) is 14.5 Å². The number of carbonyl (C=O) groups is 2. The molecule has 2 aromatic rings. The summed E-state index contributed by atoms with van der Waals surface area (Å²) in [7, 11) is -4.03. The summed E-state index contributed by atoms with van der Waals surface area (Å²) in [4.78, 5) is 27.3. The number of hydrogen-bond donors (Lipinski definition) is 3. The third-order valence-corrected chi connectivity index (χ3v) is 8.49. The Morgan fingerprint density at radius 3 is 2.44 bits per heavy atom. The maximum absolute atomic E-state index is 13.2. The monoisotopic (exact) mass is 519 g/mol. The lowest BCUT2D eigenvalue weighted by Crippen LogP contribution is -2.52. The van der Waals surface area contributed by atoms with Gasteiger partial charge in [-0.1, -0.05) is 30.3 Å². The Hall–Kier alpha value is -2.73. The van der Waals surface area contributed by atoms with Gasteiger partial charge in [0.1, 0.15) is 6.04 Å². The molecule has 2 aliphatic rings. The van der Waals surface area contributed by atoms with E-state index in [0.717, 1.165) is 36.5 Å². The zero-order chi connectivity index (χ0) is 25.7. The van der Waals surface area contributed by atoms with Crippen LogP contribution in [0.15, 0.2) is 47.4 Å². The van der Waals surface area contributed by atoms with Gasteiger partial charge in [-0.05, 0) is 54.5 Å². The van der Waals surface area contributed by atoms with Gasteiger partial charge in [0.25, 0.3) is 0 Å². The van der Waals surface area contributed by atoms with E-state index in [9.17, 15) is 23.1 Å². The van der Waals surface area contributed by atoms with E-state index in [2.05, 4.69) is 4.72 Å². The summed E-state index contributed by atoms with van der Waals surface area (Å²) in [5.74, 6) is -0.201. The van der Waals surface area contributed by atoms with Crippen molar-refractivity contribution in [1.29, 1.82) is 0 Å². The number of piperidine rings is 1. The first kappa shape index (κ1) is 26.3. The van der Waals surface area contributed by atoms with Crippen LogP contribution in [0.5, 0.6) is 0 Å². The third kappa shape index (κ3) is 6.15. The smallest absolute Gasteiger partial charge is 0.407 e. The molecule has 2 aliphatic heterocycles. The van der Waals surface area contributed by atoms with Crippen LogP contribution in [0.2, 0.25) is 0 Å². The Bertz CT molecular complexity index is 1180. The molecule has 0 radical (unpaired) electrons. The number of fused-ring (bicyclic) bond motifs is 1. The second-order valence-corrected chi connectivity index (χ2v) is 11.2. The molecule has 2 fully saturated rings. The number of aliphatic hydroxyl groups excluding tert-OH is 1. The van der Waals surface area contributed by atoms with Crippen LogP contribution >= 0.6 is 0 Å². The van der Waals surface area contributed by atoms with Gasteiger partial charge in [-0.25, -0.2) is 13.2 Å². The Balaban J connectivity index is 1.33. The maximum Gasteiger partial charge on any atom is 0.407 e. The summed E-state index contributed by atoms with van der Waals surface area (Å²) in [6, 6.07) is 10.6. The van der Waals surface area contributed by atoms with E-state index in [4.69, 9.17) is 9.84 Å². The highest BCUT2D eigenvalue weighted by Crippen LogP contribution is 2.23. The first-order valence-electron chi connectivity index (χ1n) is 12.3. The van der Waals surface area contributed by atoms with Crippen molar-refractivity contribution in [2.75, 3.05) is 39.5 Å². The van der Waals surface area contributed by atoms with Crippen LogP contribution in [0.3, 0.4) is 0 Å². The number of aliphatic hydroxyl groups is 1. The number of amides is 2. The zero-order valence-electron chi connectivity index (χ0n) is 20.1. The Labute approximate surface area is 210 Å². The third-order valence-electron chi connectivity index (χ3n) is 7.02. The van der Waals surface area contributed by atoms with Crippen molar-refractivity contribution in [3.05, 3.63) is 42.5 Å². The molecule has 2 aromatic carbocycles. The van der Waals surface area contributed by atoms with Crippen molar-refractivity contribution in [3.63, 3.8) is 0 Å². The minimum absolute atomic E-state index is 0.0303. The molecule has 10 nitrogen and oxygen atoms in total. The lowest BCUT2D eigenvalue weighted by molar-refractivity contribution is -0.136. The fraction of sp³-hybridized carbons (Fsp3) is 0.520. The molecule has 4 rings (SSSR count). The van der Waals surface area contributed by atoms with Gasteiger partial charge < -0.3 is 24.7 Å². The van der Waals surface area contributed by atoms with E-state index >= 15 is 0 Å². The van der Waals surface area contributed by atoms with Crippen LogP contribution in [0.1, 0.15) is 25.7 Å². The SMILES string of the molecule is O=C(O)N1CCC(COCC2CCCN2C(=O)C(CO)NS(=O)(=O)c2ccc3ccccc3c2)CC1. The Morgan fingerprint density at radius 1 is 1.03 bits per heavy atom. The minimum Gasteiger partial charge on any atom is -0.465 e. The maximum atomic E-state index is 13.2. The standard InChI is InChI=1S/C25H33N3O7S/c29-15-23(26-36(33,34)22-8-7-19-4-1-2-5-20(19)14-22)24(30)28-11-3-6-21(28)17-35-16-18-9-12-27(13-10-18)25(31)32/h1-2,4-5,7-8,14,18,21,23,26,29H,3,6,9-13,15-17H2,(H,31,32). The van der Waals surface area contributed by atoms with Crippen molar-refractivity contribution in [3.8, 4) is 0 Å². The minimum atomic E-state index is -4.03. The lowest BCUT2D eigenvalue weighted by atomic mass is 9.98. The molecular formula is C25H33N3O7S. The van der Waals surface area contributed by atoms with Gasteiger partial charge in [-0.3, -0.25) is 4.79 Å². The average molecular weight is 520 g/mol. The number of nitrogens with one attached hydrogen (secondary N) is 1. The molecule has 196 valence electrons. The summed E-state index contributed by atoms with van der Waals surface area (Å²) < 4.78 is 34.3. The number of rotatable bonds is 9. The van der Waals surface area contributed by atoms with Crippen LogP contribution in [0.25, 0.3) is 10.8 Å². The zero-order valence-corrected chi connectivity index (χ0v) is 20.9. The number of carbonyl (C=O) groups excluding carboxylic acids is 1. The van der Waals surface area contributed by atoms with Gasteiger partial charge in [-0.2, -0.15) is 4.72 Å². The van der Waals surface area contributed by atoms with Crippen molar-refractivity contribution in [2.24, 2.45) is 5.92 Å². The number of nitrogens with zero attached hydrogens (tertiary/aromatic N) is 2. The van der Waals surface area contributed by atoms with Gasteiger partial charge in [-0.15, -0.1) is 0 Å². The van der Waals surface area contributed by atoms with Gasteiger partial charge in [0.15, 0.2) is 0 Å². The van der Waals surface area contributed by atoms with Gasteiger partial charge in [0, 0.05) is 26.2 Å². The number of likely N-dealkylation sites (tertiary alicyclic amines) is 2. The molecule has 0 spiro atoms. The molecule has 0 saturated carbocycles. The molecule has 2 atom stereocenters. The van der Waals surface area contributed by atoms with E-state index in [1.807, 2.05) is 24.3 Å². The molecule has 2 heterocycles. The van der Waals surface area contributed by atoms with E-state index in [0.29, 0.717) is 32.8 Å². The van der Waals surface area contributed by atoms with Gasteiger partial charge in [0.2, 0.25) is 15.9 Å². The van der Waals surface area contributed by atoms with E-state index in [1.165, 1.54) is 11.0 Å². The molecule has 36 heavy (non-hydrogen) atoms. The quantitative estimate of drug-likeness (QED) is 0.460. The van der Waals surface area contributed by atoms with Crippen LogP contribution in [-0.4, -0.2) is 92.0 Å². The van der Waals surface area contributed by atoms with Gasteiger partial charge >= 0.3 is 6.09 Å². The highest BCUT2D eigenvalue weighted by atomic mass is 32.2. The topological polar surface area (TPSA) is 136 Å². The largest absolute Gasteiger partial charge is 0.465 e. The highest BCUT2D eigenvalue weighted by molar-refractivity contribution is 7.89. The number of ether oxygens (including phenoxy) is 1. The molecule has 0 aliphatic carbocycles. The molecule has 11 heteroatoms. The van der Waals surface area contributed by atoms with Crippen molar-refractivity contribution < 1.29 is 33.0 Å². The van der Waals surface area contributed by atoms with Crippen molar-refractivity contribution >= 4 is 32.8 Å². The fourth-order valence-corrected chi connectivity index (χ4v) is 6.13. The predicted octanol–water partition coefficient (Wildman–Crippen LogP) is 1.88. The molecule has 3 N–H and O–H groups in total. The number of benzene rings is 2. The number of carboxylic acid groups (broad SMARTS) is 1. The molecule has 0 aromatic heterocycles. The lowest BCUT2D eigenvalue weighted by Gasteiger charge is -2.31. The van der Waals surface area contributed by atoms with Crippen LogP contribution < -0.4 is 4.72 Å². The molecule has 2 amide bonds. The summed E-state index contributed by atoms with van der Waals surface area (Å²) in [6.45, 7) is 1.61. The molecule has 2 unspecified atom stereocenters.